The minimum atomic E-state index is 0.0955. The molecule has 0 spiro atoms. The lowest BCUT2D eigenvalue weighted by Crippen LogP contribution is -2.09. The second-order valence-corrected chi connectivity index (χ2v) is 4.90. The van der Waals surface area contributed by atoms with Gasteiger partial charge < -0.3 is 4.42 Å². The number of hydrogen-bond acceptors (Lipinski definition) is 2. The number of para-hydroxylation sites is 1. The summed E-state index contributed by atoms with van der Waals surface area (Å²) >= 11 is 2.27. The van der Waals surface area contributed by atoms with Gasteiger partial charge >= 0.3 is 0 Å². The highest BCUT2D eigenvalue weighted by molar-refractivity contribution is 14.1. The van der Waals surface area contributed by atoms with Crippen LogP contribution in [0.2, 0.25) is 0 Å². The Kier molecular flexibility index (Phi) is 3.09. The van der Waals surface area contributed by atoms with Crippen LogP contribution in [0.1, 0.15) is 22.8 Å². The average Bonchev–Trinajstić information content (AvgIpc) is 2.29. The molecular formula is C12H11IO2. The SMILES string of the molecule is CCC(I)c1coc2ccccc2c1=O. The third kappa shape index (κ3) is 1.93. The smallest absolute Gasteiger partial charge is 0.196 e. The van der Waals surface area contributed by atoms with E-state index in [0.717, 1.165) is 12.0 Å². The maximum Gasteiger partial charge on any atom is 0.196 e. The van der Waals surface area contributed by atoms with E-state index in [0.29, 0.717) is 11.0 Å². The Morgan fingerprint density at radius 2 is 2.13 bits per heavy atom. The first kappa shape index (κ1) is 10.7. The van der Waals surface area contributed by atoms with Crippen LogP contribution in [0.25, 0.3) is 11.0 Å². The van der Waals surface area contributed by atoms with Crippen LogP contribution < -0.4 is 5.43 Å². The molecule has 0 bridgehead atoms. The van der Waals surface area contributed by atoms with E-state index in [1.54, 1.807) is 6.26 Å². The Hall–Kier alpha value is -0.840. The van der Waals surface area contributed by atoms with E-state index in [2.05, 4.69) is 29.5 Å². The van der Waals surface area contributed by atoms with E-state index in [-0.39, 0.29) is 9.35 Å². The van der Waals surface area contributed by atoms with Gasteiger partial charge in [-0.1, -0.05) is 41.6 Å². The Morgan fingerprint density at radius 1 is 1.40 bits per heavy atom. The molecule has 1 unspecified atom stereocenters. The number of halogens is 1. The van der Waals surface area contributed by atoms with Crippen LogP contribution in [-0.2, 0) is 0 Å². The maximum absolute atomic E-state index is 12.1. The highest BCUT2D eigenvalue weighted by Crippen LogP contribution is 2.25. The number of rotatable bonds is 2. The fourth-order valence-electron chi connectivity index (χ4n) is 1.53. The molecule has 0 aliphatic heterocycles. The van der Waals surface area contributed by atoms with Crippen molar-refractivity contribution in [3.8, 4) is 0 Å². The molecule has 0 saturated carbocycles. The van der Waals surface area contributed by atoms with Crippen molar-refractivity contribution in [2.45, 2.75) is 17.3 Å². The lowest BCUT2D eigenvalue weighted by atomic mass is 10.1. The molecule has 15 heavy (non-hydrogen) atoms. The summed E-state index contributed by atoms with van der Waals surface area (Å²) in [6, 6.07) is 7.35. The van der Waals surface area contributed by atoms with E-state index in [1.807, 2.05) is 24.3 Å². The van der Waals surface area contributed by atoms with Crippen LogP contribution in [0.15, 0.2) is 39.7 Å². The van der Waals surface area contributed by atoms with Gasteiger partial charge in [0.2, 0.25) is 0 Å². The van der Waals surface area contributed by atoms with Crippen LogP contribution in [-0.4, -0.2) is 0 Å². The molecule has 1 heterocycles. The van der Waals surface area contributed by atoms with Gasteiger partial charge in [-0.15, -0.1) is 0 Å². The second-order valence-electron chi connectivity index (χ2n) is 3.39. The van der Waals surface area contributed by atoms with Crippen molar-refractivity contribution >= 4 is 33.6 Å². The Labute approximate surface area is 101 Å². The van der Waals surface area contributed by atoms with Crippen molar-refractivity contribution < 1.29 is 4.42 Å². The molecule has 0 N–H and O–H groups in total. The number of fused-ring (bicyclic) bond motifs is 1. The first-order valence-electron chi connectivity index (χ1n) is 4.88. The maximum atomic E-state index is 12.1. The highest BCUT2D eigenvalue weighted by atomic mass is 127. The normalized spacial score (nSPS) is 12.9. The van der Waals surface area contributed by atoms with Crippen molar-refractivity contribution in [2.24, 2.45) is 0 Å². The highest BCUT2D eigenvalue weighted by Gasteiger charge is 2.12. The van der Waals surface area contributed by atoms with Crippen LogP contribution in [0, 0.1) is 0 Å². The van der Waals surface area contributed by atoms with Crippen LogP contribution in [0.4, 0.5) is 0 Å². The minimum absolute atomic E-state index is 0.0955. The Morgan fingerprint density at radius 3 is 2.87 bits per heavy atom. The summed E-state index contributed by atoms with van der Waals surface area (Å²) in [5.41, 5.74) is 1.51. The summed E-state index contributed by atoms with van der Waals surface area (Å²) in [4.78, 5) is 12.1. The summed E-state index contributed by atoms with van der Waals surface area (Å²) in [7, 11) is 0. The van der Waals surface area contributed by atoms with Gasteiger partial charge in [0, 0.05) is 9.49 Å². The third-order valence-electron chi connectivity index (χ3n) is 2.40. The predicted molar refractivity (Wildman–Crippen MR) is 69.5 cm³/mol. The van der Waals surface area contributed by atoms with Gasteiger partial charge in [-0.25, -0.2) is 0 Å². The summed E-state index contributed by atoms with van der Waals surface area (Å²) < 4.78 is 5.67. The van der Waals surface area contributed by atoms with Gasteiger partial charge in [0.25, 0.3) is 0 Å². The lowest BCUT2D eigenvalue weighted by molar-refractivity contribution is 0.591. The standard InChI is InChI=1S/C12H11IO2/c1-2-10(13)9-7-15-11-6-4-3-5-8(11)12(9)14/h3-7,10H,2H2,1H3. The molecule has 1 aromatic carbocycles. The molecule has 0 radical (unpaired) electrons. The predicted octanol–water partition coefficient (Wildman–Crippen LogP) is 3.68. The summed E-state index contributed by atoms with van der Waals surface area (Å²) in [5.74, 6) is 0. The molecular weight excluding hydrogens is 303 g/mol. The third-order valence-corrected chi connectivity index (χ3v) is 3.95. The fourth-order valence-corrected chi connectivity index (χ4v) is 1.96. The lowest BCUT2D eigenvalue weighted by Gasteiger charge is -2.06. The van der Waals surface area contributed by atoms with E-state index >= 15 is 0 Å². The van der Waals surface area contributed by atoms with E-state index in [4.69, 9.17) is 4.42 Å². The molecule has 1 atom stereocenters. The van der Waals surface area contributed by atoms with Gasteiger partial charge in [0.1, 0.15) is 5.58 Å². The summed E-state index contributed by atoms with van der Waals surface area (Å²) in [6.45, 7) is 2.06. The molecule has 78 valence electrons. The molecule has 1 aromatic heterocycles. The number of hydrogen-bond donors (Lipinski definition) is 0. The van der Waals surface area contributed by atoms with Crippen LogP contribution in [0.3, 0.4) is 0 Å². The Bertz CT molecular complexity index is 530. The molecule has 0 fully saturated rings. The zero-order chi connectivity index (χ0) is 10.8. The monoisotopic (exact) mass is 314 g/mol. The molecule has 2 rings (SSSR count). The topological polar surface area (TPSA) is 30.2 Å². The molecule has 0 saturated heterocycles. The van der Waals surface area contributed by atoms with Gasteiger partial charge in [0.15, 0.2) is 5.43 Å². The van der Waals surface area contributed by atoms with Gasteiger partial charge in [-0.3, -0.25) is 4.79 Å². The number of benzene rings is 1. The van der Waals surface area contributed by atoms with Crippen LogP contribution >= 0.6 is 22.6 Å². The Balaban J connectivity index is 2.71. The van der Waals surface area contributed by atoms with E-state index < -0.39 is 0 Å². The summed E-state index contributed by atoms with van der Waals surface area (Å²) in [5, 5.41) is 0.671. The first-order valence-corrected chi connectivity index (χ1v) is 6.13. The molecule has 2 nitrogen and oxygen atoms in total. The zero-order valence-corrected chi connectivity index (χ0v) is 10.5. The fraction of sp³-hybridized carbons (Fsp3) is 0.250. The van der Waals surface area contributed by atoms with Crippen molar-refractivity contribution in [3.63, 3.8) is 0 Å². The van der Waals surface area contributed by atoms with Gasteiger partial charge in [-0.2, -0.15) is 0 Å². The molecule has 3 heteroatoms. The largest absolute Gasteiger partial charge is 0.464 e. The zero-order valence-electron chi connectivity index (χ0n) is 8.37. The van der Waals surface area contributed by atoms with Gasteiger partial charge in [0.05, 0.1) is 11.6 Å². The van der Waals surface area contributed by atoms with Crippen molar-refractivity contribution in [1.82, 2.24) is 0 Å². The molecule has 0 aliphatic rings. The van der Waals surface area contributed by atoms with Crippen molar-refractivity contribution in [3.05, 3.63) is 46.3 Å². The summed E-state index contributed by atoms with van der Waals surface area (Å²) in [6.07, 6.45) is 2.52. The minimum Gasteiger partial charge on any atom is -0.464 e. The molecule has 2 aromatic rings. The van der Waals surface area contributed by atoms with E-state index in [9.17, 15) is 4.79 Å². The molecule has 0 aliphatic carbocycles. The van der Waals surface area contributed by atoms with Crippen molar-refractivity contribution in [1.29, 1.82) is 0 Å². The van der Waals surface area contributed by atoms with Crippen molar-refractivity contribution in [2.75, 3.05) is 0 Å². The van der Waals surface area contributed by atoms with Crippen LogP contribution in [0.5, 0.6) is 0 Å². The number of alkyl halides is 1. The quantitative estimate of drug-likeness (QED) is 0.625. The second kappa shape index (κ2) is 4.35. The van der Waals surface area contributed by atoms with Gasteiger partial charge in [-0.05, 0) is 18.6 Å². The molecule has 0 amide bonds. The average molecular weight is 314 g/mol. The van der Waals surface area contributed by atoms with E-state index in [1.165, 1.54) is 0 Å². The first-order chi connectivity index (χ1) is 7.24.